The molecular formula is C31H44BNO3. The number of rotatable bonds is 10. The molecule has 1 amide bonds. The van der Waals surface area contributed by atoms with Crippen molar-refractivity contribution >= 4 is 23.8 Å². The van der Waals surface area contributed by atoms with Gasteiger partial charge in [0.2, 0.25) is 5.91 Å². The lowest BCUT2D eigenvalue weighted by atomic mass is 9.43. The van der Waals surface area contributed by atoms with Gasteiger partial charge in [-0.25, -0.2) is 0 Å². The molecule has 0 spiro atoms. The fourth-order valence-electron chi connectivity index (χ4n) is 7.27. The molecule has 0 aromatic heterocycles. The van der Waals surface area contributed by atoms with E-state index in [2.05, 4.69) is 82.4 Å². The van der Waals surface area contributed by atoms with Crippen LogP contribution in [0.3, 0.4) is 0 Å². The van der Waals surface area contributed by atoms with Gasteiger partial charge >= 0.3 is 7.12 Å². The first kappa shape index (κ1) is 25.8. The maximum Gasteiger partial charge on any atom is 0.463 e. The molecule has 1 N–H and O–H groups in total. The third-order valence-corrected chi connectivity index (χ3v) is 9.89. The molecule has 0 radical (unpaired) electrons. The Balaban J connectivity index is 1.32. The fraction of sp³-hybridized carbons (Fsp3) is 0.645. The first-order valence-corrected chi connectivity index (χ1v) is 14.3. The van der Waals surface area contributed by atoms with E-state index in [9.17, 15) is 4.79 Å². The van der Waals surface area contributed by atoms with Gasteiger partial charge in [-0.3, -0.25) is 4.79 Å². The summed E-state index contributed by atoms with van der Waals surface area (Å²) in [6.45, 7) is 11.9. The third-order valence-electron chi connectivity index (χ3n) is 9.89. The molecule has 1 heterocycles. The van der Waals surface area contributed by atoms with Crippen LogP contribution in [0.4, 0.5) is 0 Å². The monoisotopic (exact) mass is 489 g/mol. The predicted octanol–water partition coefficient (Wildman–Crippen LogP) is 6.81. The zero-order valence-electron chi connectivity index (χ0n) is 22.9. The maximum absolute atomic E-state index is 12.9. The van der Waals surface area contributed by atoms with Gasteiger partial charge in [0, 0.05) is 18.3 Å². The molecule has 2 bridgehead atoms. The highest BCUT2D eigenvalue weighted by atomic mass is 16.7. The predicted molar refractivity (Wildman–Crippen MR) is 148 cm³/mol. The van der Waals surface area contributed by atoms with Crippen LogP contribution in [-0.4, -0.2) is 31.3 Å². The van der Waals surface area contributed by atoms with Crippen molar-refractivity contribution < 1.29 is 14.1 Å². The van der Waals surface area contributed by atoms with Crippen LogP contribution in [0, 0.1) is 23.2 Å². The van der Waals surface area contributed by atoms with E-state index in [0.717, 1.165) is 31.6 Å². The molecule has 1 saturated heterocycles. The van der Waals surface area contributed by atoms with Crippen LogP contribution >= 0.6 is 0 Å². The van der Waals surface area contributed by atoms with Crippen molar-refractivity contribution in [1.29, 1.82) is 0 Å². The van der Waals surface area contributed by atoms with Gasteiger partial charge in [-0.15, -0.1) is 0 Å². The van der Waals surface area contributed by atoms with Crippen LogP contribution in [0.15, 0.2) is 42.5 Å². The first-order valence-electron chi connectivity index (χ1n) is 14.3. The number of benzene rings is 2. The van der Waals surface area contributed by atoms with Crippen LogP contribution in [-0.2, 0) is 20.5 Å². The average Bonchev–Trinajstić information content (AvgIpc) is 3.23. The van der Waals surface area contributed by atoms with E-state index in [0.29, 0.717) is 17.9 Å². The van der Waals surface area contributed by atoms with Crippen molar-refractivity contribution in [3.63, 3.8) is 0 Å². The zero-order chi connectivity index (χ0) is 25.5. The molecule has 194 valence electrons. The molecule has 2 aromatic carbocycles. The zero-order valence-corrected chi connectivity index (χ0v) is 22.9. The summed E-state index contributed by atoms with van der Waals surface area (Å²) < 4.78 is 13.5. The molecule has 1 aliphatic heterocycles. The Labute approximate surface area is 218 Å². The molecule has 4 aliphatic rings. The highest BCUT2D eigenvalue weighted by Gasteiger charge is 2.68. The molecule has 2 aromatic rings. The Kier molecular flexibility index (Phi) is 7.26. The second-order valence-electron chi connectivity index (χ2n) is 12.6. The van der Waals surface area contributed by atoms with Gasteiger partial charge in [-0.05, 0) is 66.2 Å². The van der Waals surface area contributed by atoms with Gasteiger partial charge in [0.15, 0.2) is 0 Å². The van der Waals surface area contributed by atoms with Gasteiger partial charge in [-0.2, -0.15) is 0 Å². The van der Waals surface area contributed by atoms with Crippen molar-refractivity contribution in [2.75, 3.05) is 6.54 Å². The van der Waals surface area contributed by atoms with Gasteiger partial charge in [0.1, 0.15) is 0 Å². The second kappa shape index (κ2) is 10.1. The Morgan fingerprint density at radius 2 is 1.89 bits per heavy atom. The molecule has 6 rings (SSSR count). The second-order valence-corrected chi connectivity index (χ2v) is 12.6. The number of nitrogens with one attached hydrogen (secondary N) is 1. The fourth-order valence-corrected chi connectivity index (χ4v) is 7.27. The smallest absolute Gasteiger partial charge is 0.405 e. The standard InChI is InChI=1S/C31H44BNO3/c1-6-7-8-11-21(2)29(34)33-20-26(17-22-14-15-23-12-9-10-13-24(23)16-22)32-35-28-19-25-18-27(30(25,3)4)31(28,5)36-32/h9-10,12-16,21,25-28H,6-8,11,17-20H2,1-5H3,(H,33,34)/t21-,25?,26+,27?,28?,31+/m0/s1. The highest BCUT2D eigenvalue weighted by molar-refractivity contribution is 6.47. The highest BCUT2D eigenvalue weighted by Crippen LogP contribution is 2.66. The number of unbranched alkanes of at least 4 members (excludes halogenated alkanes) is 2. The van der Waals surface area contributed by atoms with Crippen LogP contribution in [0.5, 0.6) is 0 Å². The van der Waals surface area contributed by atoms with E-state index in [-0.39, 0.29) is 36.5 Å². The van der Waals surface area contributed by atoms with Crippen LogP contribution in [0.2, 0.25) is 5.82 Å². The van der Waals surface area contributed by atoms with Crippen molar-refractivity contribution in [2.24, 2.45) is 23.2 Å². The minimum Gasteiger partial charge on any atom is -0.405 e. The molecule has 4 nitrogen and oxygen atoms in total. The lowest BCUT2D eigenvalue weighted by Crippen LogP contribution is -2.65. The largest absolute Gasteiger partial charge is 0.463 e. The molecule has 4 fully saturated rings. The topological polar surface area (TPSA) is 47.6 Å². The number of carbonyl (C=O) groups is 1. The first-order chi connectivity index (χ1) is 17.2. The number of fused-ring (bicyclic) bond motifs is 1. The van der Waals surface area contributed by atoms with E-state index >= 15 is 0 Å². The number of carbonyl (C=O) groups excluding carboxylic acids is 1. The molecule has 3 saturated carbocycles. The summed E-state index contributed by atoms with van der Waals surface area (Å²) in [4.78, 5) is 12.9. The van der Waals surface area contributed by atoms with Gasteiger partial charge in [0.25, 0.3) is 0 Å². The molecule has 36 heavy (non-hydrogen) atoms. The quantitative estimate of drug-likeness (QED) is 0.295. The van der Waals surface area contributed by atoms with E-state index in [1.54, 1.807) is 0 Å². The van der Waals surface area contributed by atoms with E-state index < -0.39 is 0 Å². The van der Waals surface area contributed by atoms with Crippen molar-refractivity contribution in [2.45, 2.75) is 97.1 Å². The molecule has 6 atom stereocenters. The van der Waals surface area contributed by atoms with Crippen molar-refractivity contribution in [3.8, 4) is 0 Å². The summed E-state index contributed by atoms with van der Waals surface area (Å²) in [7, 11) is -0.294. The Morgan fingerprint density at radius 3 is 2.64 bits per heavy atom. The number of hydrogen-bond acceptors (Lipinski definition) is 3. The lowest BCUT2D eigenvalue weighted by Gasteiger charge is -2.64. The molecule has 5 heteroatoms. The summed E-state index contributed by atoms with van der Waals surface area (Å²) >= 11 is 0. The summed E-state index contributed by atoms with van der Waals surface area (Å²) in [6.07, 6.45) is 7.73. The minimum absolute atomic E-state index is 0.0383. The third kappa shape index (κ3) is 4.74. The summed E-state index contributed by atoms with van der Waals surface area (Å²) in [6, 6.07) is 15.2. The Bertz CT molecular complexity index is 1090. The molecule has 3 unspecified atom stereocenters. The van der Waals surface area contributed by atoms with Gasteiger partial charge in [-0.1, -0.05) is 89.4 Å². The Hall–Kier alpha value is -1.85. The maximum atomic E-state index is 12.9. The summed E-state index contributed by atoms with van der Waals surface area (Å²) in [5.74, 6) is 1.52. The Morgan fingerprint density at radius 1 is 1.11 bits per heavy atom. The van der Waals surface area contributed by atoms with Crippen LogP contribution in [0.1, 0.15) is 78.7 Å². The van der Waals surface area contributed by atoms with E-state index in [1.165, 1.54) is 35.6 Å². The molecule has 3 aliphatic carbocycles. The van der Waals surface area contributed by atoms with Crippen LogP contribution in [0.25, 0.3) is 10.8 Å². The minimum atomic E-state index is -0.294. The average molecular weight is 490 g/mol. The van der Waals surface area contributed by atoms with E-state index in [1.807, 2.05) is 0 Å². The number of amides is 1. The van der Waals surface area contributed by atoms with Gasteiger partial charge in [0.05, 0.1) is 11.7 Å². The summed E-state index contributed by atoms with van der Waals surface area (Å²) in [5, 5.41) is 5.78. The SMILES string of the molecule is CCCCC[C@H](C)C(=O)NC[C@@H](Cc1ccc2ccccc2c1)B1OC2CC3CC(C3(C)C)[C@@]2(C)O1. The van der Waals surface area contributed by atoms with Crippen molar-refractivity contribution in [3.05, 3.63) is 48.0 Å². The summed E-state index contributed by atoms with van der Waals surface area (Å²) in [5.41, 5.74) is 1.35. The number of hydrogen-bond donors (Lipinski definition) is 1. The molecular weight excluding hydrogens is 445 g/mol. The normalized spacial score (nSPS) is 29.9. The van der Waals surface area contributed by atoms with E-state index in [4.69, 9.17) is 9.31 Å². The lowest BCUT2D eigenvalue weighted by molar-refractivity contribution is -0.199. The van der Waals surface area contributed by atoms with Gasteiger partial charge < -0.3 is 14.6 Å². The van der Waals surface area contributed by atoms with Crippen LogP contribution < -0.4 is 5.32 Å². The van der Waals surface area contributed by atoms with Crippen molar-refractivity contribution in [1.82, 2.24) is 5.32 Å².